The highest BCUT2D eigenvalue weighted by Crippen LogP contribution is 2.24. The molecule has 1 fully saturated rings. The molecule has 2 amide bonds. The van der Waals surface area contributed by atoms with Crippen LogP contribution in [0.1, 0.15) is 24.3 Å². The first kappa shape index (κ1) is 13.1. The molecule has 0 bridgehead atoms. The van der Waals surface area contributed by atoms with E-state index in [0.717, 1.165) is 6.42 Å². The molecule has 2 rings (SSSR count). The number of primary amides is 1. The summed E-state index contributed by atoms with van der Waals surface area (Å²) in [5.41, 5.74) is 5.93. The standard InChI is InChI=1S/C14H15N3O2/c15-9-11(10-5-2-1-3-6-10)14(19)17-8-4-7-12(17)13(16)18/h1-3,5-6,11-12H,4,7-8H2,(H2,16,18). The minimum absolute atomic E-state index is 0.338. The van der Waals surface area contributed by atoms with Gasteiger partial charge in [-0.3, -0.25) is 9.59 Å². The van der Waals surface area contributed by atoms with Crippen molar-refractivity contribution in [1.82, 2.24) is 4.90 Å². The molecule has 1 heterocycles. The lowest BCUT2D eigenvalue weighted by molar-refractivity contribution is -0.137. The molecule has 98 valence electrons. The lowest BCUT2D eigenvalue weighted by Gasteiger charge is -2.24. The van der Waals surface area contributed by atoms with Crippen molar-refractivity contribution in [2.75, 3.05) is 6.54 Å². The van der Waals surface area contributed by atoms with Gasteiger partial charge < -0.3 is 10.6 Å². The molecule has 0 saturated carbocycles. The van der Waals surface area contributed by atoms with Gasteiger partial charge in [0.15, 0.2) is 0 Å². The summed E-state index contributed by atoms with van der Waals surface area (Å²) in [5, 5.41) is 9.22. The van der Waals surface area contributed by atoms with E-state index in [2.05, 4.69) is 0 Å². The fourth-order valence-electron chi connectivity index (χ4n) is 2.41. The molecule has 2 unspecified atom stereocenters. The zero-order chi connectivity index (χ0) is 13.8. The van der Waals surface area contributed by atoms with Crippen molar-refractivity contribution in [3.8, 4) is 6.07 Å². The molecule has 5 heteroatoms. The summed E-state index contributed by atoms with van der Waals surface area (Å²) in [7, 11) is 0. The zero-order valence-corrected chi connectivity index (χ0v) is 10.5. The molecule has 0 radical (unpaired) electrons. The molecule has 1 aliphatic heterocycles. The van der Waals surface area contributed by atoms with Crippen molar-refractivity contribution in [2.24, 2.45) is 5.73 Å². The summed E-state index contributed by atoms with van der Waals surface area (Å²) < 4.78 is 0. The lowest BCUT2D eigenvalue weighted by atomic mass is 9.99. The van der Waals surface area contributed by atoms with Gasteiger partial charge in [-0.15, -0.1) is 0 Å². The normalized spacial score (nSPS) is 19.7. The average molecular weight is 257 g/mol. The number of nitrogens with zero attached hydrogens (tertiary/aromatic N) is 2. The lowest BCUT2D eigenvalue weighted by Crippen LogP contribution is -2.45. The second-order valence-electron chi connectivity index (χ2n) is 4.56. The Morgan fingerprint density at radius 3 is 2.63 bits per heavy atom. The Kier molecular flexibility index (Phi) is 3.81. The highest BCUT2D eigenvalue weighted by molar-refractivity contribution is 5.92. The van der Waals surface area contributed by atoms with Gasteiger partial charge in [-0.1, -0.05) is 30.3 Å². The Morgan fingerprint density at radius 2 is 2.05 bits per heavy atom. The molecule has 0 spiro atoms. The minimum Gasteiger partial charge on any atom is -0.368 e. The second kappa shape index (κ2) is 5.53. The van der Waals surface area contributed by atoms with Crippen molar-refractivity contribution in [1.29, 1.82) is 5.26 Å². The van der Waals surface area contributed by atoms with Gasteiger partial charge in [-0.05, 0) is 18.4 Å². The number of hydrogen-bond donors (Lipinski definition) is 1. The van der Waals surface area contributed by atoms with Crippen LogP contribution in [0.5, 0.6) is 0 Å². The van der Waals surface area contributed by atoms with E-state index in [4.69, 9.17) is 5.73 Å². The van der Waals surface area contributed by atoms with Crippen LogP contribution in [0.2, 0.25) is 0 Å². The smallest absolute Gasteiger partial charge is 0.245 e. The summed E-state index contributed by atoms with van der Waals surface area (Å²) in [5.74, 6) is -1.72. The highest BCUT2D eigenvalue weighted by atomic mass is 16.2. The maximum absolute atomic E-state index is 12.4. The van der Waals surface area contributed by atoms with Gasteiger partial charge in [0.05, 0.1) is 6.07 Å². The molecule has 1 saturated heterocycles. The molecule has 5 nitrogen and oxygen atoms in total. The fraction of sp³-hybridized carbons (Fsp3) is 0.357. The summed E-state index contributed by atoms with van der Waals surface area (Å²) in [6.45, 7) is 0.484. The molecule has 2 atom stereocenters. The molecule has 1 aromatic carbocycles. The fourth-order valence-corrected chi connectivity index (χ4v) is 2.41. The van der Waals surface area contributed by atoms with Crippen LogP contribution in [-0.2, 0) is 9.59 Å². The van der Waals surface area contributed by atoms with E-state index in [0.29, 0.717) is 18.5 Å². The Morgan fingerprint density at radius 1 is 1.37 bits per heavy atom. The van der Waals surface area contributed by atoms with E-state index in [-0.39, 0.29) is 5.91 Å². The SMILES string of the molecule is N#CC(C(=O)N1CCCC1C(N)=O)c1ccccc1. The van der Waals surface area contributed by atoms with E-state index >= 15 is 0 Å². The van der Waals surface area contributed by atoms with E-state index in [9.17, 15) is 14.9 Å². The topological polar surface area (TPSA) is 87.2 Å². The van der Waals surface area contributed by atoms with Crippen LogP contribution in [-0.4, -0.2) is 29.3 Å². The van der Waals surface area contributed by atoms with Crippen molar-refractivity contribution in [3.05, 3.63) is 35.9 Å². The monoisotopic (exact) mass is 257 g/mol. The predicted octanol–water partition coefficient (Wildman–Crippen LogP) is 0.770. The van der Waals surface area contributed by atoms with Gasteiger partial charge >= 0.3 is 0 Å². The van der Waals surface area contributed by atoms with E-state index in [1.165, 1.54) is 4.90 Å². The molecule has 1 aromatic rings. The number of nitriles is 1. The summed E-state index contributed by atoms with van der Waals surface area (Å²) >= 11 is 0. The Labute approximate surface area is 111 Å². The predicted molar refractivity (Wildman–Crippen MR) is 68.7 cm³/mol. The van der Waals surface area contributed by atoms with Gasteiger partial charge in [0.25, 0.3) is 0 Å². The van der Waals surface area contributed by atoms with E-state index in [1.54, 1.807) is 24.3 Å². The highest BCUT2D eigenvalue weighted by Gasteiger charge is 2.36. The van der Waals surface area contributed by atoms with Crippen LogP contribution in [0.25, 0.3) is 0 Å². The second-order valence-corrected chi connectivity index (χ2v) is 4.56. The first-order valence-corrected chi connectivity index (χ1v) is 6.19. The first-order valence-electron chi connectivity index (χ1n) is 6.19. The van der Waals surface area contributed by atoms with Crippen molar-refractivity contribution in [3.63, 3.8) is 0 Å². The zero-order valence-electron chi connectivity index (χ0n) is 10.5. The van der Waals surface area contributed by atoms with Crippen LogP contribution in [0, 0.1) is 11.3 Å². The van der Waals surface area contributed by atoms with Crippen LogP contribution >= 0.6 is 0 Å². The molecule has 19 heavy (non-hydrogen) atoms. The van der Waals surface area contributed by atoms with E-state index in [1.807, 2.05) is 12.1 Å². The molecule has 0 aliphatic carbocycles. The Bertz CT molecular complexity index is 521. The number of nitrogens with two attached hydrogens (primary N) is 1. The third-order valence-electron chi connectivity index (χ3n) is 3.37. The number of hydrogen-bond acceptors (Lipinski definition) is 3. The van der Waals surface area contributed by atoms with Gasteiger partial charge in [-0.2, -0.15) is 5.26 Å². The largest absolute Gasteiger partial charge is 0.368 e. The van der Waals surface area contributed by atoms with Crippen molar-refractivity contribution in [2.45, 2.75) is 24.8 Å². The number of carbonyl (C=O) groups is 2. The van der Waals surface area contributed by atoms with Gasteiger partial charge in [0, 0.05) is 6.54 Å². The number of rotatable bonds is 3. The third kappa shape index (κ3) is 2.58. The number of benzene rings is 1. The average Bonchev–Trinajstić information content (AvgIpc) is 2.90. The van der Waals surface area contributed by atoms with Crippen LogP contribution in [0.4, 0.5) is 0 Å². The van der Waals surface area contributed by atoms with Gasteiger partial charge in [-0.25, -0.2) is 0 Å². The summed E-state index contributed by atoms with van der Waals surface area (Å²) in [6.07, 6.45) is 1.32. The number of likely N-dealkylation sites (tertiary alicyclic amines) is 1. The number of carbonyl (C=O) groups excluding carboxylic acids is 2. The quantitative estimate of drug-likeness (QED) is 0.867. The maximum Gasteiger partial charge on any atom is 0.245 e. The third-order valence-corrected chi connectivity index (χ3v) is 3.37. The van der Waals surface area contributed by atoms with Crippen molar-refractivity contribution >= 4 is 11.8 Å². The van der Waals surface area contributed by atoms with Crippen molar-refractivity contribution < 1.29 is 9.59 Å². The molecular weight excluding hydrogens is 242 g/mol. The van der Waals surface area contributed by atoms with Crippen LogP contribution in [0.3, 0.4) is 0 Å². The Hall–Kier alpha value is -2.35. The number of amides is 2. The van der Waals surface area contributed by atoms with Gasteiger partial charge in [0.1, 0.15) is 12.0 Å². The summed E-state index contributed by atoms with van der Waals surface area (Å²) in [4.78, 5) is 25.1. The van der Waals surface area contributed by atoms with Crippen LogP contribution < -0.4 is 5.73 Å². The molecule has 0 aromatic heterocycles. The molecule has 2 N–H and O–H groups in total. The van der Waals surface area contributed by atoms with E-state index < -0.39 is 17.9 Å². The minimum atomic E-state index is -0.874. The first-order chi connectivity index (χ1) is 9.15. The van der Waals surface area contributed by atoms with Crippen LogP contribution in [0.15, 0.2) is 30.3 Å². The molecular formula is C14H15N3O2. The maximum atomic E-state index is 12.4. The Balaban J connectivity index is 2.23. The summed E-state index contributed by atoms with van der Waals surface area (Å²) in [6, 6.07) is 10.3. The molecule has 1 aliphatic rings. The van der Waals surface area contributed by atoms with Gasteiger partial charge in [0.2, 0.25) is 11.8 Å².